The Kier molecular flexibility index (Phi) is 5.04. The van der Waals surface area contributed by atoms with Crippen molar-refractivity contribution in [3.63, 3.8) is 0 Å². The highest BCUT2D eigenvalue weighted by Crippen LogP contribution is 2.12. The average Bonchev–Trinajstić information content (AvgIpc) is 2.45. The summed E-state index contributed by atoms with van der Waals surface area (Å²) in [7, 11) is 0. The molecule has 1 amide bonds. The van der Waals surface area contributed by atoms with Crippen LogP contribution < -0.4 is 5.32 Å². The van der Waals surface area contributed by atoms with E-state index >= 15 is 0 Å². The van der Waals surface area contributed by atoms with Crippen LogP contribution in [0.25, 0.3) is 0 Å². The van der Waals surface area contributed by atoms with Crippen LogP contribution in [0.15, 0.2) is 59.5 Å². The van der Waals surface area contributed by atoms with Crippen LogP contribution in [0.2, 0.25) is 0 Å². The SMILES string of the molecule is O=C(NCCCc1ccccc1)c1ccccc1S. The molecule has 0 bridgehead atoms. The summed E-state index contributed by atoms with van der Waals surface area (Å²) >= 11 is 4.28. The lowest BCUT2D eigenvalue weighted by atomic mass is 10.1. The molecule has 0 saturated heterocycles. The zero-order valence-electron chi connectivity index (χ0n) is 10.7. The predicted molar refractivity (Wildman–Crippen MR) is 80.8 cm³/mol. The van der Waals surface area contributed by atoms with E-state index in [1.54, 1.807) is 6.07 Å². The van der Waals surface area contributed by atoms with Crippen molar-refractivity contribution in [2.24, 2.45) is 0 Å². The third-order valence-electron chi connectivity index (χ3n) is 2.92. The maximum Gasteiger partial charge on any atom is 0.252 e. The van der Waals surface area contributed by atoms with Crippen LogP contribution in [-0.2, 0) is 6.42 Å². The molecule has 0 heterocycles. The van der Waals surface area contributed by atoms with Crippen molar-refractivity contribution in [2.45, 2.75) is 17.7 Å². The highest BCUT2D eigenvalue weighted by atomic mass is 32.1. The standard InChI is InChI=1S/C16H17NOS/c18-16(14-10-4-5-11-15(14)19)17-12-6-9-13-7-2-1-3-8-13/h1-5,7-8,10-11,19H,6,9,12H2,(H,17,18). The molecule has 0 saturated carbocycles. The third-order valence-corrected chi connectivity index (χ3v) is 3.31. The quantitative estimate of drug-likeness (QED) is 0.634. The zero-order chi connectivity index (χ0) is 13.5. The molecule has 3 heteroatoms. The fourth-order valence-electron chi connectivity index (χ4n) is 1.90. The molecule has 1 N–H and O–H groups in total. The van der Waals surface area contributed by atoms with Crippen molar-refractivity contribution < 1.29 is 4.79 Å². The molecule has 19 heavy (non-hydrogen) atoms. The van der Waals surface area contributed by atoms with Crippen molar-refractivity contribution in [3.05, 3.63) is 65.7 Å². The van der Waals surface area contributed by atoms with E-state index in [0.29, 0.717) is 17.0 Å². The normalized spacial score (nSPS) is 10.2. The maximum absolute atomic E-state index is 11.9. The number of thiol groups is 1. The third kappa shape index (κ3) is 4.14. The molecule has 2 aromatic rings. The first-order valence-corrected chi connectivity index (χ1v) is 6.82. The van der Waals surface area contributed by atoms with Gasteiger partial charge in [-0.2, -0.15) is 0 Å². The first-order chi connectivity index (χ1) is 9.27. The van der Waals surface area contributed by atoms with Crippen LogP contribution in [-0.4, -0.2) is 12.5 Å². The molecule has 0 radical (unpaired) electrons. The summed E-state index contributed by atoms with van der Waals surface area (Å²) in [6.45, 7) is 0.676. The Morgan fingerprint density at radius 3 is 2.42 bits per heavy atom. The van der Waals surface area contributed by atoms with Gasteiger partial charge in [-0.3, -0.25) is 4.79 Å². The van der Waals surface area contributed by atoms with E-state index in [0.717, 1.165) is 12.8 Å². The molecule has 98 valence electrons. The van der Waals surface area contributed by atoms with Gasteiger partial charge in [0.15, 0.2) is 0 Å². The molecule has 0 aromatic heterocycles. The molecule has 0 spiro atoms. The molecule has 2 aromatic carbocycles. The molecule has 0 aliphatic heterocycles. The first-order valence-electron chi connectivity index (χ1n) is 6.37. The van der Waals surface area contributed by atoms with E-state index < -0.39 is 0 Å². The van der Waals surface area contributed by atoms with Crippen molar-refractivity contribution in [3.8, 4) is 0 Å². The summed E-state index contributed by atoms with van der Waals surface area (Å²) in [5.41, 5.74) is 1.93. The number of benzene rings is 2. The molecule has 0 atom stereocenters. The molecule has 0 aliphatic rings. The largest absolute Gasteiger partial charge is 0.352 e. The summed E-state index contributed by atoms with van der Waals surface area (Å²) in [5, 5.41) is 2.92. The van der Waals surface area contributed by atoms with Gasteiger partial charge in [-0.05, 0) is 30.5 Å². The van der Waals surface area contributed by atoms with Gasteiger partial charge in [0.05, 0.1) is 5.56 Å². The summed E-state index contributed by atoms with van der Waals surface area (Å²) in [6, 6.07) is 17.6. The van der Waals surface area contributed by atoms with Crippen molar-refractivity contribution in [2.75, 3.05) is 6.54 Å². The second kappa shape index (κ2) is 7.00. The zero-order valence-corrected chi connectivity index (χ0v) is 11.6. The number of hydrogen-bond donors (Lipinski definition) is 2. The van der Waals surface area contributed by atoms with E-state index in [1.165, 1.54) is 5.56 Å². The second-order valence-corrected chi connectivity index (χ2v) is 4.84. The average molecular weight is 271 g/mol. The molecule has 0 unspecified atom stereocenters. The topological polar surface area (TPSA) is 29.1 Å². The van der Waals surface area contributed by atoms with Gasteiger partial charge in [0, 0.05) is 11.4 Å². The lowest BCUT2D eigenvalue weighted by molar-refractivity contribution is 0.0950. The number of carbonyl (C=O) groups excluding carboxylic acids is 1. The first kappa shape index (κ1) is 13.7. The molecule has 0 aliphatic carbocycles. The Hall–Kier alpha value is -1.74. The highest BCUT2D eigenvalue weighted by molar-refractivity contribution is 7.80. The van der Waals surface area contributed by atoms with Gasteiger partial charge in [-0.1, -0.05) is 42.5 Å². The van der Waals surface area contributed by atoms with Gasteiger partial charge in [0.25, 0.3) is 5.91 Å². The molecular formula is C16H17NOS. The minimum absolute atomic E-state index is 0.0568. The van der Waals surface area contributed by atoms with Crippen LogP contribution in [0.3, 0.4) is 0 Å². The van der Waals surface area contributed by atoms with Crippen LogP contribution in [0.5, 0.6) is 0 Å². The molecule has 2 rings (SSSR count). The number of aryl methyl sites for hydroxylation is 1. The van der Waals surface area contributed by atoms with Gasteiger partial charge < -0.3 is 5.32 Å². The molecular weight excluding hydrogens is 254 g/mol. The molecule has 2 nitrogen and oxygen atoms in total. The van der Waals surface area contributed by atoms with E-state index in [1.807, 2.05) is 36.4 Å². The van der Waals surface area contributed by atoms with Gasteiger partial charge in [0.2, 0.25) is 0 Å². The number of carbonyl (C=O) groups is 1. The minimum atomic E-state index is -0.0568. The summed E-state index contributed by atoms with van der Waals surface area (Å²) in [5.74, 6) is -0.0568. The Bertz CT molecular complexity index is 539. The Morgan fingerprint density at radius 2 is 1.68 bits per heavy atom. The van der Waals surface area contributed by atoms with Gasteiger partial charge in [0.1, 0.15) is 0 Å². The van der Waals surface area contributed by atoms with E-state index in [9.17, 15) is 4.79 Å². The Balaban J connectivity index is 1.77. The number of nitrogens with one attached hydrogen (secondary N) is 1. The lowest BCUT2D eigenvalue weighted by Gasteiger charge is -2.07. The van der Waals surface area contributed by atoms with Gasteiger partial charge in [-0.15, -0.1) is 12.6 Å². The fraction of sp³-hybridized carbons (Fsp3) is 0.188. The lowest BCUT2D eigenvalue weighted by Crippen LogP contribution is -2.25. The maximum atomic E-state index is 11.9. The number of hydrogen-bond acceptors (Lipinski definition) is 2. The predicted octanol–water partition coefficient (Wildman–Crippen LogP) is 3.34. The monoisotopic (exact) mass is 271 g/mol. The van der Waals surface area contributed by atoms with E-state index in [2.05, 4.69) is 30.1 Å². The van der Waals surface area contributed by atoms with E-state index in [4.69, 9.17) is 0 Å². The van der Waals surface area contributed by atoms with Crippen LogP contribution in [0.4, 0.5) is 0 Å². The van der Waals surface area contributed by atoms with Gasteiger partial charge >= 0.3 is 0 Å². The number of amides is 1. The second-order valence-electron chi connectivity index (χ2n) is 4.36. The van der Waals surface area contributed by atoms with Crippen molar-refractivity contribution in [1.29, 1.82) is 0 Å². The van der Waals surface area contributed by atoms with Crippen molar-refractivity contribution in [1.82, 2.24) is 5.32 Å². The summed E-state index contributed by atoms with van der Waals surface area (Å²) < 4.78 is 0. The summed E-state index contributed by atoms with van der Waals surface area (Å²) in [4.78, 5) is 12.6. The van der Waals surface area contributed by atoms with Crippen LogP contribution in [0.1, 0.15) is 22.3 Å². The minimum Gasteiger partial charge on any atom is -0.352 e. The van der Waals surface area contributed by atoms with Crippen LogP contribution >= 0.6 is 12.6 Å². The number of rotatable bonds is 5. The smallest absolute Gasteiger partial charge is 0.252 e. The van der Waals surface area contributed by atoms with E-state index in [-0.39, 0.29) is 5.91 Å². The van der Waals surface area contributed by atoms with Crippen LogP contribution in [0, 0.1) is 0 Å². The summed E-state index contributed by atoms with van der Waals surface area (Å²) in [6.07, 6.45) is 1.91. The Labute approximate surface area is 119 Å². The van der Waals surface area contributed by atoms with Crippen molar-refractivity contribution >= 4 is 18.5 Å². The molecule has 0 fully saturated rings. The highest BCUT2D eigenvalue weighted by Gasteiger charge is 2.07. The van der Waals surface area contributed by atoms with Gasteiger partial charge in [-0.25, -0.2) is 0 Å². The Morgan fingerprint density at radius 1 is 1.00 bits per heavy atom. The fourth-order valence-corrected chi connectivity index (χ4v) is 2.16.